The van der Waals surface area contributed by atoms with Crippen LogP contribution < -0.4 is 5.32 Å². The molecule has 0 saturated heterocycles. The summed E-state index contributed by atoms with van der Waals surface area (Å²) < 4.78 is 0. The average molecular weight is 155 g/mol. The van der Waals surface area contributed by atoms with Crippen molar-refractivity contribution < 1.29 is 9.59 Å². The lowest BCUT2D eigenvalue weighted by Crippen LogP contribution is -2.61. The quantitative estimate of drug-likeness (QED) is 0.571. The molecular weight excluding hydrogens is 142 g/mol. The van der Waals surface area contributed by atoms with E-state index in [4.69, 9.17) is 0 Å². The third kappa shape index (κ3) is 1.09. The Hall–Kier alpha value is -0.700. The molecule has 3 heteroatoms. The molecule has 0 aliphatic heterocycles. The number of ketones is 2. The van der Waals surface area contributed by atoms with Gasteiger partial charge in [0, 0.05) is 0 Å². The minimum absolute atomic E-state index is 0.0903. The molecule has 3 nitrogen and oxygen atoms in total. The van der Waals surface area contributed by atoms with Crippen LogP contribution in [0.5, 0.6) is 0 Å². The molecule has 1 aliphatic rings. The predicted octanol–water partition coefficient (Wildman–Crippen LogP) is -0.00160. The van der Waals surface area contributed by atoms with Crippen LogP contribution in [0.2, 0.25) is 0 Å². The lowest BCUT2D eigenvalue weighted by molar-refractivity contribution is -0.151. The van der Waals surface area contributed by atoms with Crippen LogP contribution in [0.1, 0.15) is 13.8 Å². The molecule has 0 heterocycles. The molecule has 2 unspecified atom stereocenters. The molecule has 1 fully saturated rings. The molecule has 62 valence electrons. The van der Waals surface area contributed by atoms with E-state index in [0.717, 1.165) is 0 Å². The number of carbonyl (C=O) groups excluding carboxylic acids is 2. The zero-order chi connectivity index (χ0) is 8.59. The highest BCUT2D eigenvalue weighted by molar-refractivity contribution is 6.47. The van der Waals surface area contributed by atoms with Gasteiger partial charge in [-0.2, -0.15) is 0 Å². The summed E-state index contributed by atoms with van der Waals surface area (Å²) in [5.74, 6) is -0.296. The topological polar surface area (TPSA) is 46.2 Å². The number of nitrogens with one attached hydrogen (secondary N) is 1. The third-order valence-corrected chi connectivity index (χ3v) is 2.22. The van der Waals surface area contributed by atoms with Crippen LogP contribution in [0.25, 0.3) is 0 Å². The van der Waals surface area contributed by atoms with Gasteiger partial charge in [-0.15, -0.1) is 0 Å². The van der Waals surface area contributed by atoms with Gasteiger partial charge in [0.2, 0.25) is 11.6 Å². The van der Waals surface area contributed by atoms with E-state index in [1.807, 2.05) is 13.8 Å². The van der Waals surface area contributed by atoms with Crippen LogP contribution >= 0.6 is 0 Å². The highest BCUT2D eigenvalue weighted by Crippen LogP contribution is 2.26. The van der Waals surface area contributed by atoms with E-state index >= 15 is 0 Å². The third-order valence-electron chi connectivity index (χ3n) is 2.22. The summed E-state index contributed by atoms with van der Waals surface area (Å²) in [6, 6.07) is -0.220. The monoisotopic (exact) mass is 155 g/mol. The van der Waals surface area contributed by atoms with Crippen molar-refractivity contribution >= 4 is 11.6 Å². The van der Waals surface area contributed by atoms with Crippen LogP contribution in [0.3, 0.4) is 0 Å². The Bertz CT molecular complexity index is 198. The molecule has 0 aromatic carbocycles. The fourth-order valence-corrected chi connectivity index (χ4v) is 1.53. The van der Waals surface area contributed by atoms with Crippen molar-refractivity contribution in [3.05, 3.63) is 0 Å². The summed E-state index contributed by atoms with van der Waals surface area (Å²) in [5, 5.41) is 2.84. The highest BCUT2D eigenvalue weighted by atomic mass is 16.2. The van der Waals surface area contributed by atoms with Crippen molar-refractivity contribution in [2.45, 2.75) is 19.9 Å². The van der Waals surface area contributed by atoms with Crippen molar-refractivity contribution in [1.29, 1.82) is 0 Å². The summed E-state index contributed by atoms with van der Waals surface area (Å²) in [4.78, 5) is 21.9. The molecule has 11 heavy (non-hydrogen) atoms. The molecule has 1 rings (SSSR count). The Morgan fingerprint density at radius 3 is 2.09 bits per heavy atom. The molecule has 1 N–H and O–H groups in total. The maximum Gasteiger partial charge on any atom is 0.216 e. The number of Topliss-reactive ketones (excluding diaryl/α,β-unsaturated/α-hetero) is 2. The summed E-state index contributed by atoms with van der Waals surface area (Å²) >= 11 is 0. The van der Waals surface area contributed by atoms with E-state index < -0.39 is 0 Å². The molecule has 0 spiro atoms. The van der Waals surface area contributed by atoms with Crippen molar-refractivity contribution in [2.75, 3.05) is 7.05 Å². The second kappa shape index (κ2) is 2.74. The summed E-state index contributed by atoms with van der Waals surface area (Å²) in [6.45, 7) is 3.92. The number of hydrogen-bond donors (Lipinski definition) is 1. The van der Waals surface area contributed by atoms with E-state index in [1.54, 1.807) is 7.05 Å². The predicted molar refractivity (Wildman–Crippen MR) is 41.2 cm³/mol. The van der Waals surface area contributed by atoms with E-state index in [1.165, 1.54) is 0 Å². The first kappa shape index (κ1) is 8.40. The fraction of sp³-hybridized carbons (Fsp3) is 0.750. The Labute approximate surface area is 66.2 Å². The van der Waals surface area contributed by atoms with Crippen LogP contribution in [-0.4, -0.2) is 24.7 Å². The molecule has 0 bridgehead atoms. The molecule has 0 aromatic rings. The first-order chi connectivity index (χ1) is 5.09. The molecule has 0 aromatic heterocycles. The SMILES string of the molecule is CNC1C(=O)C(=O)C1C(C)C. The van der Waals surface area contributed by atoms with Crippen LogP contribution in [0, 0.1) is 11.8 Å². The first-order valence-electron chi connectivity index (χ1n) is 3.85. The number of carbonyl (C=O) groups is 2. The lowest BCUT2D eigenvalue weighted by atomic mass is 9.70. The molecule has 0 radical (unpaired) electrons. The van der Waals surface area contributed by atoms with Crippen LogP contribution in [0.4, 0.5) is 0 Å². The zero-order valence-electron chi connectivity index (χ0n) is 7.05. The van der Waals surface area contributed by atoms with Gasteiger partial charge in [-0.25, -0.2) is 0 Å². The van der Waals surface area contributed by atoms with Crippen LogP contribution in [-0.2, 0) is 9.59 Å². The van der Waals surface area contributed by atoms with Gasteiger partial charge in [-0.05, 0) is 13.0 Å². The largest absolute Gasteiger partial charge is 0.310 e. The molecule has 0 amide bonds. The zero-order valence-corrected chi connectivity index (χ0v) is 7.05. The van der Waals surface area contributed by atoms with E-state index in [-0.39, 0.29) is 29.4 Å². The van der Waals surface area contributed by atoms with E-state index in [2.05, 4.69) is 5.32 Å². The van der Waals surface area contributed by atoms with Gasteiger partial charge < -0.3 is 5.32 Å². The summed E-state index contributed by atoms with van der Waals surface area (Å²) in [6.07, 6.45) is 0. The first-order valence-corrected chi connectivity index (χ1v) is 3.85. The van der Waals surface area contributed by atoms with Gasteiger partial charge in [0.15, 0.2) is 0 Å². The Morgan fingerprint density at radius 1 is 1.27 bits per heavy atom. The van der Waals surface area contributed by atoms with Gasteiger partial charge in [0.25, 0.3) is 0 Å². The Balaban J connectivity index is 2.68. The number of hydrogen-bond acceptors (Lipinski definition) is 3. The van der Waals surface area contributed by atoms with Crippen molar-refractivity contribution in [3.63, 3.8) is 0 Å². The fourth-order valence-electron chi connectivity index (χ4n) is 1.53. The smallest absolute Gasteiger partial charge is 0.216 e. The molecule has 1 saturated carbocycles. The Kier molecular flexibility index (Phi) is 2.09. The molecule has 2 atom stereocenters. The average Bonchev–Trinajstić information content (AvgIpc) is 1.96. The summed E-state index contributed by atoms with van der Waals surface area (Å²) in [5.41, 5.74) is 0. The van der Waals surface area contributed by atoms with Gasteiger partial charge >= 0.3 is 0 Å². The van der Waals surface area contributed by atoms with E-state index in [0.29, 0.717) is 0 Å². The molecular formula is C8H13NO2. The Morgan fingerprint density at radius 2 is 1.82 bits per heavy atom. The molecule has 1 aliphatic carbocycles. The number of likely N-dealkylation sites (N-methyl/N-ethyl adjacent to an activating group) is 1. The maximum absolute atomic E-state index is 11.0. The minimum atomic E-state index is -0.258. The second-order valence-corrected chi connectivity index (χ2v) is 3.26. The van der Waals surface area contributed by atoms with Gasteiger partial charge in [0.1, 0.15) is 0 Å². The van der Waals surface area contributed by atoms with Crippen molar-refractivity contribution in [1.82, 2.24) is 5.32 Å². The van der Waals surface area contributed by atoms with Crippen molar-refractivity contribution in [2.24, 2.45) is 11.8 Å². The van der Waals surface area contributed by atoms with Crippen LogP contribution in [0.15, 0.2) is 0 Å². The van der Waals surface area contributed by atoms with E-state index in [9.17, 15) is 9.59 Å². The van der Waals surface area contributed by atoms with Gasteiger partial charge in [-0.3, -0.25) is 9.59 Å². The highest BCUT2D eigenvalue weighted by Gasteiger charge is 2.49. The van der Waals surface area contributed by atoms with Gasteiger partial charge in [-0.1, -0.05) is 13.8 Å². The second-order valence-electron chi connectivity index (χ2n) is 3.26. The van der Waals surface area contributed by atoms with Crippen molar-refractivity contribution in [3.8, 4) is 0 Å². The summed E-state index contributed by atoms with van der Waals surface area (Å²) in [7, 11) is 1.71. The standard InChI is InChI=1S/C8H13NO2/c1-4(2)5-6(9-3)8(11)7(5)10/h4-6,9H,1-3H3. The normalized spacial score (nSPS) is 30.9. The minimum Gasteiger partial charge on any atom is -0.310 e. The number of rotatable bonds is 2. The maximum atomic E-state index is 11.0. The lowest BCUT2D eigenvalue weighted by Gasteiger charge is -2.35. The van der Waals surface area contributed by atoms with Gasteiger partial charge in [0.05, 0.1) is 12.0 Å².